The lowest BCUT2D eigenvalue weighted by Gasteiger charge is -2.44. The summed E-state index contributed by atoms with van der Waals surface area (Å²) in [5, 5.41) is 11.4. The minimum Gasteiger partial charge on any atom is -0.462 e. The summed E-state index contributed by atoms with van der Waals surface area (Å²) >= 11 is 0. The first-order chi connectivity index (χ1) is 12.2. The zero-order chi connectivity index (χ0) is 19.0. The van der Waals surface area contributed by atoms with Gasteiger partial charge in [-0.05, 0) is 26.2 Å². The van der Waals surface area contributed by atoms with Crippen molar-refractivity contribution in [3.05, 3.63) is 11.6 Å². The van der Waals surface area contributed by atoms with Crippen LogP contribution in [0.3, 0.4) is 0 Å². The van der Waals surface area contributed by atoms with Crippen LogP contribution in [0, 0.1) is 29.1 Å². The number of aliphatic hydroxyl groups is 1. The van der Waals surface area contributed by atoms with E-state index in [4.69, 9.17) is 14.2 Å². The van der Waals surface area contributed by atoms with Crippen LogP contribution < -0.4 is 0 Å². The summed E-state index contributed by atoms with van der Waals surface area (Å²) in [5.41, 5.74) is -0.116. The number of allylic oxidation sites excluding steroid dienone is 1. The van der Waals surface area contributed by atoms with E-state index in [-0.39, 0.29) is 53.9 Å². The van der Waals surface area contributed by atoms with Gasteiger partial charge in [0.05, 0.1) is 18.1 Å². The van der Waals surface area contributed by atoms with Crippen molar-refractivity contribution in [1.82, 2.24) is 0 Å². The largest absolute Gasteiger partial charge is 0.462 e. The third-order valence-electron chi connectivity index (χ3n) is 7.40. The first kappa shape index (κ1) is 18.0. The maximum atomic E-state index is 12.4. The smallest absolute Gasteiger partial charge is 0.333 e. The van der Waals surface area contributed by atoms with Gasteiger partial charge in [0.1, 0.15) is 18.3 Å². The highest BCUT2D eigenvalue weighted by Crippen LogP contribution is 2.64. The fraction of sp³-hybridized carbons (Fsp3) is 0.800. The lowest BCUT2D eigenvalue weighted by molar-refractivity contribution is -0.172. The zero-order valence-electron chi connectivity index (χ0n) is 16.0. The minimum absolute atomic E-state index is 0.00167. The van der Waals surface area contributed by atoms with Crippen LogP contribution in [0.2, 0.25) is 0 Å². The molecule has 2 saturated carbocycles. The van der Waals surface area contributed by atoms with E-state index in [1.54, 1.807) is 19.9 Å². The van der Waals surface area contributed by atoms with Crippen molar-refractivity contribution in [3.8, 4) is 0 Å². The monoisotopic (exact) mass is 364 g/mol. The van der Waals surface area contributed by atoms with Gasteiger partial charge in [-0.2, -0.15) is 0 Å². The van der Waals surface area contributed by atoms with Crippen molar-refractivity contribution in [1.29, 1.82) is 0 Å². The molecule has 4 fully saturated rings. The first-order valence-corrected chi connectivity index (χ1v) is 9.59. The number of hydrogen-bond acceptors (Lipinski definition) is 6. The predicted octanol–water partition coefficient (Wildman–Crippen LogP) is 1.85. The molecule has 0 spiro atoms. The molecule has 0 aromatic heterocycles. The van der Waals surface area contributed by atoms with Crippen LogP contribution in [0.4, 0.5) is 0 Å². The second-order valence-electron chi connectivity index (χ2n) is 8.75. The summed E-state index contributed by atoms with van der Waals surface area (Å²) < 4.78 is 17.3. The van der Waals surface area contributed by atoms with Crippen molar-refractivity contribution in [2.75, 3.05) is 0 Å². The molecule has 2 aliphatic carbocycles. The van der Waals surface area contributed by atoms with Gasteiger partial charge >= 0.3 is 11.9 Å². The molecular formula is C20H28O6. The Morgan fingerprint density at radius 3 is 2.69 bits per heavy atom. The second-order valence-corrected chi connectivity index (χ2v) is 8.75. The van der Waals surface area contributed by atoms with E-state index in [1.807, 2.05) is 13.8 Å². The summed E-state index contributed by atoms with van der Waals surface area (Å²) in [6.45, 7) is 9.45. The molecule has 26 heavy (non-hydrogen) atoms. The Morgan fingerprint density at radius 2 is 2.04 bits per heavy atom. The highest BCUT2D eigenvalue weighted by molar-refractivity contribution is 5.87. The van der Waals surface area contributed by atoms with Crippen molar-refractivity contribution in [3.63, 3.8) is 0 Å². The summed E-state index contributed by atoms with van der Waals surface area (Å²) in [6.07, 6.45) is 0.674. The van der Waals surface area contributed by atoms with Gasteiger partial charge in [0.15, 0.2) is 0 Å². The molecule has 1 N–H and O–H groups in total. The van der Waals surface area contributed by atoms with E-state index in [1.165, 1.54) is 0 Å². The fourth-order valence-electron chi connectivity index (χ4n) is 5.81. The van der Waals surface area contributed by atoms with E-state index in [9.17, 15) is 14.7 Å². The summed E-state index contributed by atoms with van der Waals surface area (Å²) in [6, 6.07) is 0. The average Bonchev–Trinajstić information content (AvgIpc) is 3.26. The van der Waals surface area contributed by atoms with E-state index in [0.717, 1.165) is 0 Å². The third-order valence-corrected chi connectivity index (χ3v) is 7.40. The number of ether oxygens (including phenoxy) is 3. The van der Waals surface area contributed by atoms with Crippen LogP contribution in [0.1, 0.15) is 41.0 Å². The Labute approximate surface area is 153 Å². The lowest BCUT2D eigenvalue weighted by atomic mass is 9.66. The SMILES string of the molecule is C/C=C(\C)C(=O)O[C@H]1[C@@H]2O[C@@H]2[C@H]2[C@H](C)C[C@H]3OC(=O)[C@@H](C)[C@H]3[C@H](O)[C@@]21C. The van der Waals surface area contributed by atoms with Gasteiger partial charge in [-0.3, -0.25) is 4.79 Å². The van der Waals surface area contributed by atoms with E-state index >= 15 is 0 Å². The topological polar surface area (TPSA) is 85.4 Å². The van der Waals surface area contributed by atoms with Crippen LogP contribution in [0.15, 0.2) is 11.6 Å². The number of hydrogen-bond donors (Lipinski definition) is 1. The molecule has 0 aromatic carbocycles. The Hall–Kier alpha value is -1.40. The Balaban J connectivity index is 1.71. The van der Waals surface area contributed by atoms with Gasteiger partial charge in [-0.1, -0.05) is 26.8 Å². The Kier molecular flexibility index (Phi) is 4.01. The van der Waals surface area contributed by atoms with E-state index in [0.29, 0.717) is 12.0 Å². The van der Waals surface area contributed by atoms with Crippen LogP contribution in [0.25, 0.3) is 0 Å². The quantitative estimate of drug-likeness (QED) is 0.457. The Bertz CT molecular complexity index is 671. The normalized spacial score (nSPS) is 52.5. The lowest BCUT2D eigenvalue weighted by Crippen LogP contribution is -2.53. The molecule has 0 bridgehead atoms. The third kappa shape index (κ3) is 2.24. The van der Waals surface area contributed by atoms with Crippen LogP contribution >= 0.6 is 0 Å². The minimum atomic E-state index is -0.788. The highest BCUT2D eigenvalue weighted by atomic mass is 16.6. The number of carbonyl (C=O) groups excluding carboxylic acids is 2. The Morgan fingerprint density at radius 1 is 1.35 bits per heavy atom. The standard InChI is InChI=1S/C20H28O6/c1-6-8(2)18(22)26-17-15-14(25-15)13-9(3)7-11-12(10(4)19(23)24-11)16(21)20(13,17)5/h6,9-17,21H,7H2,1-5H3/b8-6+/t9-,10+,11-,12-,13-,14-,15-,16+,17+,20-/m1/s1. The number of epoxide rings is 1. The van der Waals surface area contributed by atoms with Crippen molar-refractivity contribution in [2.45, 2.75) is 71.6 Å². The molecule has 4 rings (SSSR count). The van der Waals surface area contributed by atoms with E-state index in [2.05, 4.69) is 6.92 Å². The maximum Gasteiger partial charge on any atom is 0.333 e. The zero-order valence-corrected chi connectivity index (χ0v) is 16.0. The molecule has 6 nitrogen and oxygen atoms in total. The molecule has 0 unspecified atom stereocenters. The van der Waals surface area contributed by atoms with Gasteiger partial charge in [-0.15, -0.1) is 0 Å². The van der Waals surface area contributed by atoms with Crippen molar-refractivity contribution < 1.29 is 28.9 Å². The number of fused-ring (bicyclic) bond motifs is 4. The molecule has 6 heteroatoms. The molecule has 2 aliphatic heterocycles. The highest BCUT2D eigenvalue weighted by Gasteiger charge is 2.75. The van der Waals surface area contributed by atoms with Crippen molar-refractivity contribution >= 4 is 11.9 Å². The van der Waals surface area contributed by atoms with Crippen LogP contribution in [0.5, 0.6) is 0 Å². The number of carbonyl (C=O) groups is 2. The van der Waals surface area contributed by atoms with Gasteiger partial charge in [0, 0.05) is 22.8 Å². The molecule has 0 radical (unpaired) electrons. The maximum absolute atomic E-state index is 12.4. The van der Waals surface area contributed by atoms with Gasteiger partial charge in [-0.25, -0.2) is 4.79 Å². The van der Waals surface area contributed by atoms with Crippen LogP contribution in [-0.2, 0) is 23.8 Å². The van der Waals surface area contributed by atoms with Crippen molar-refractivity contribution in [2.24, 2.45) is 29.1 Å². The summed E-state index contributed by atoms with van der Waals surface area (Å²) in [7, 11) is 0. The average molecular weight is 364 g/mol. The van der Waals surface area contributed by atoms with Crippen LogP contribution in [-0.4, -0.2) is 47.6 Å². The summed E-state index contributed by atoms with van der Waals surface area (Å²) in [5.74, 6) is -0.982. The second kappa shape index (κ2) is 5.80. The first-order valence-electron chi connectivity index (χ1n) is 9.59. The number of aliphatic hydroxyl groups excluding tert-OH is 1. The number of esters is 2. The molecule has 0 amide bonds. The predicted molar refractivity (Wildman–Crippen MR) is 91.9 cm³/mol. The van der Waals surface area contributed by atoms with Gasteiger partial charge in [0.2, 0.25) is 0 Å². The molecule has 2 saturated heterocycles. The molecule has 2 heterocycles. The molecule has 0 aromatic rings. The molecular weight excluding hydrogens is 336 g/mol. The van der Waals surface area contributed by atoms with Gasteiger partial charge < -0.3 is 19.3 Å². The molecule has 10 atom stereocenters. The number of rotatable bonds is 2. The molecule has 144 valence electrons. The fourth-order valence-corrected chi connectivity index (χ4v) is 5.81. The summed E-state index contributed by atoms with van der Waals surface area (Å²) in [4.78, 5) is 24.5. The molecule has 4 aliphatic rings. The van der Waals surface area contributed by atoms with Gasteiger partial charge in [0.25, 0.3) is 0 Å². The van der Waals surface area contributed by atoms with E-state index < -0.39 is 17.6 Å².